The molecule has 0 bridgehead atoms. The van der Waals surface area contributed by atoms with Crippen molar-refractivity contribution in [3.05, 3.63) is 60.4 Å². The highest BCUT2D eigenvalue weighted by Gasteiger charge is 2.17. The van der Waals surface area contributed by atoms with E-state index in [-0.39, 0.29) is 5.56 Å². The molecule has 3 aromatic rings. The van der Waals surface area contributed by atoms with Crippen LogP contribution in [0.5, 0.6) is 5.75 Å². The van der Waals surface area contributed by atoms with E-state index in [1.807, 2.05) is 6.07 Å². The van der Waals surface area contributed by atoms with Crippen LogP contribution in [0.3, 0.4) is 0 Å². The Hall–Kier alpha value is -2.80. The average molecular weight is 331 g/mol. The molecule has 0 radical (unpaired) electrons. The highest BCUT2D eigenvalue weighted by Crippen LogP contribution is 2.26. The maximum atomic E-state index is 12.3. The quantitative estimate of drug-likeness (QED) is 0.587. The van der Waals surface area contributed by atoms with E-state index in [9.17, 15) is 13.2 Å². The van der Waals surface area contributed by atoms with Crippen LogP contribution in [0.2, 0.25) is 0 Å². The smallest absolute Gasteiger partial charge is 0.347 e. The summed E-state index contributed by atoms with van der Waals surface area (Å²) in [5.74, 6) is -0.163. The van der Waals surface area contributed by atoms with Gasteiger partial charge in [0.1, 0.15) is 23.2 Å². The van der Waals surface area contributed by atoms with Crippen molar-refractivity contribution in [3.8, 4) is 5.75 Å². The summed E-state index contributed by atoms with van der Waals surface area (Å²) in [7, 11) is -3.41. The van der Waals surface area contributed by atoms with Crippen LogP contribution in [-0.4, -0.2) is 20.6 Å². The molecule has 0 unspecified atom stereocenters. The summed E-state index contributed by atoms with van der Waals surface area (Å²) in [5, 5.41) is 0.472. The van der Waals surface area contributed by atoms with E-state index in [4.69, 9.17) is 9.15 Å². The molecule has 2 aromatic carbocycles. The largest absolute Gasteiger partial charge is 0.463 e. The number of rotatable bonds is 4. The van der Waals surface area contributed by atoms with E-state index in [2.05, 4.69) is 4.72 Å². The zero-order valence-corrected chi connectivity index (χ0v) is 13.0. The standard InChI is InChI=1S/C16H13NO5S/c1-23(19,20)17-11-7-8-15-13(9-11)14(10-21-15)16(18)22-12-5-3-2-4-6-12/h2-10,17H,1H3. The van der Waals surface area contributed by atoms with Crippen molar-refractivity contribution in [2.75, 3.05) is 11.0 Å². The van der Waals surface area contributed by atoms with Gasteiger partial charge in [-0.1, -0.05) is 18.2 Å². The number of anilines is 1. The number of hydrogen-bond donors (Lipinski definition) is 1. The molecule has 0 saturated heterocycles. The molecular weight excluding hydrogens is 318 g/mol. The molecule has 0 aliphatic heterocycles. The Bertz CT molecular complexity index is 961. The van der Waals surface area contributed by atoms with Gasteiger partial charge >= 0.3 is 5.97 Å². The summed E-state index contributed by atoms with van der Waals surface area (Å²) in [5.41, 5.74) is 1.03. The van der Waals surface area contributed by atoms with Crippen molar-refractivity contribution in [2.24, 2.45) is 0 Å². The number of benzene rings is 2. The van der Waals surface area contributed by atoms with E-state index in [1.165, 1.54) is 12.3 Å². The van der Waals surface area contributed by atoms with Crippen LogP contribution in [0.25, 0.3) is 11.0 Å². The highest BCUT2D eigenvalue weighted by molar-refractivity contribution is 7.92. The SMILES string of the molecule is CS(=O)(=O)Nc1ccc2occ(C(=O)Oc3ccccc3)c2c1. The minimum Gasteiger partial charge on any atom is -0.463 e. The summed E-state index contributed by atoms with van der Waals surface area (Å²) in [6.07, 6.45) is 2.34. The number of fused-ring (bicyclic) bond motifs is 1. The van der Waals surface area contributed by atoms with E-state index < -0.39 is 16.0 Å². The van der Waals surface area contributed by atoms with Crippen LogP contribution in [-0.2, 0) is 10.0 Å². The second-order valence-corrected chi connectivity index (χ2v) is 6.69. The number of carbonyl (C=O) groups is 1. The van der Waals surface area contributed by atoms with Crippen molar-refractivity contribution < 1.29 is 22.4 Å². The van der Waals surface area contributed by atoms with E-state index in [0.29, 0.717) is 22.4 Å². The molecule has 0 saturated carbocycles. The van der Waals surface area contributed by atoms with Gasteiger partial charge in [-0.3, -0.25) is 4.72 Å². The summed E-state index contributed by atoms with van der Waals surface area (Å²) in [4.78, 5) is 12.3. The average Bonchev–Trinajstić information content (AvgIpc) is 2.89. The second kappa shape index (κ2) is 5.77. The van der Waals surface area contributed by atoms with Gasteiger partial charge in [0.2, 0.25) is 10.0 Å². The normalized spacial score (nSPS) is 11.3. The number of carbonyl (C=O) groups excluding carboxylic acids is 1. The number of para-hydroxylation sites is 1. The first kappa shape index (κ1) is 15.1. The summed E-state index contributed by atoms with van der Waals surface area (Å²) < 4.78 is 35.6. The fourth-order valence-electron chi connectivity index (χ4n) is 2.12. The number of esters is 1. The molecule has 0 fully saturated rings. The Morgan fingerprint density at radius 3 is 2.57 bits per heavy atom. The molecule has 23 heavy (non-hydrogen) atoms. The third-order valence-corrected chi connectivity index (χ3v) is 3.66. The molecule has 7 heteroatoms. The molecule has 0 aliphatic rings. The fraction of sp³-hybridized carbons (Fsp3) is 0.0625. The first-order chi connectivity index (χ1) is 10.9. The van der Waals surface area contributed by atoms with Crippen LogP contribution in [0.1, 0.15) is 10.4 Å². The topological polar surface area (TPSA) is 85.6 Å². The van der Waals surface area contributed by atoms with Gasteiger partial charge in [0.05, 0.1) is 6.26 Å². The molecule has 0 aliphatic carbocycles. The van der Waals surface area contributed by atoms with Crippen molar-refractivity contribution in [3.63, 3.8) is 0 Å². The Labute approximate surface area is 132 Å². The Morgan fingerprint density at radius 2 is 1.87 bits per heavy atom. The van der Waals surface area contributed by atoms with E-state index in [1.54, 1.807) is 36.4 Å². The van der Waals surface area contributed by atoms with Crippen LogP contribution in [0.15, 0.2) is 59.2 Å². The van der Waals surface area contributed by atoms with Gasteiger partial charge in [-0.25, -0.2) is 13.2 Å². The molecule has 118 valence electrons. The fourth-order valence-corrected chi connectivity index (χ4v) is 2.67. The number of sulfonamides is 1. The maximum absolute atomic E-state index is 12.3. The zero-order chi connectivity index (χ0) is 16.4. The molecule has 3 rings (SSSR count). The summed E-state index contributed by atoms with van der Waals surface area (Å²) in [6, 6.07) is 13.3. The van der Waals surface area contributed by atoms with Gasteiger partial charge in [-0.2, -0.15) is 0 Å². The zero-order valence-electron chi connectivity index (χ0n) is 12.1. The lowest BCUT2D eigenvalue weighted by atomic mass is 10.1. The molecular formula is C16H13NO5S. The predicted molar refractivity (Wildman–Crippen MR) is 86.1 cm³/mol. The maximum Gasteiger partial charge on any atom is 0.347 e. The molecule has 6 nitrogen and oxygen atoms in total. The van der Waals surface area contributed by atoms with Crippen LogP contribution >= 0.6 is 0 Å². The minimum absolute atomic E-state index is 0.223. The minimum atomic E-state index is -3.41. The monoisotopic (exact) mass is 331 g/mol. The number of hydrogen-bond acceptors (Lipinski definition) is 5. The van der Waals surface area contributed by atoms with Crippen molar-refractivity contribution in [1.29, 1.82) is 0 Å². The van der Waals surface area contributed by atoms with Crippen molar-refractivity contribution >= 4 is 32.6 Å². The highest BCUT2D eigenvalue weighted by atomic mass is 32.2. The van der Waals surface area contributed by atoms with E-state index in [0.717, 1.165) is 6.26 Å². The molecule has 0 atom stereocenters. The van der Waals surface area contributed by atoms with Gasteiger partial charge < -0.3 is 9.15 Å². The summed E-state index contributed by atoms with van der Waals surface area (Å²) in [6.45, 7) is 0. The Morgan fingerprint density at radius 1 is 1.13 bits per heavy atom. The lowest BCUT2D eigenvalue weighted by Gasteiger charge is -2.04. The second-order valence-electron chi connectivity index (χ2n) is 4.94. The molecule has 1 N–H and O–H groups in total. The summed E-state index contributed by atoms with van der Waals surface area (Å²) >= 11 is 0. The predicted octanol–water partition coefficient (Wildman–Crippen LogP) is 3.02. The number of nitrogens with one attached hydrogen (secondary N) is 1. The Kier molecular flexibility index (Phi) is 3.79. The molecule has 1 heterocycles. The lowest BCUT2D eigenvalue weighted by Crippen LogP contribution is -2.10. The molecule has 0 amide bonds. The number of ether oxygens (including phenoxy) is 1. The molecule has 0 spiro atoms. The van der Waals surface area contributed by atoms with Crippen molar-refractivity contribution in [2.45, 2.75) is 0 Å². The third kappa shape index (κ3) is 3.51. The number of furan rings is 1. The van der Waals surface area contributed by atoms with Gasteiger partial charge in [0.25, 0.3) is 0 Å². The van der Waals surface area contributed by atoms with Crippen LogP contribution in [0.4, 0.5) is 5.69 Å². The van der Waals surface area contributed by atoms with Crippen molar-refractivity contribution in [1.82, 2.24) is 0 Å². The third-order valence-electron chi connectivity index (χ3n) is 3.05. The van der Waals surface area contributed by atoms with Crippen LogP contribution < -0.4 is 9.46 Å². The Balaban J connectivity index is 1.94. The van der Waals surface area contributed by atoms with Gasteiger partial charge in [-0.15, -0.1) is 0 Å². The van der Waals surface area contributed by atoms with Crippen LogP contribution in [0, 0.1) is 0 Å². The lowest BCUT2D eigenvalue weighted by molar-refractivity contribution is 0.0736. The van der Waals surface area contributed by atoms with Gasteiger partial charge in [0, 0.05) is 11.1 Å². The van der Waals surface area contributed by atoms with E-state index >= 15 is 0 Å². The van der Waals surface area contributed by atoms with Gasteiger partial charge in [0.15, 0.2) is 0 Å². The first-order valence-electron chi connectivity index (χ1n) is 6.69. The molecule has 1 aromatic heterocycles. The first-order valence-corrected chi connectivity index (χ1v) is 8.58. The van der Waals surface area contributed by atoms with Gasteiger partial charge in [-0.05, 0) is 30.3 Å².